The van der Waals surface area contributed by atoms with Crippen LogP contribution in [0, 0.1) is 0 Å². The number of phenolic OH excluding ortho intramolecular Hbond substituents is 1. The van der Waals surface area contributed by atoms with Gasteiger partial charge in [-0.2, -0.15) is 0 Å². The van der Waals surface area contributed by atoms with Gasteiger partial charge < -0.3 is 5.11 Å². The molecule has 6 rings (SSSR count). The van der Waals surface area contributed by atoms with Gasteiger partial charge in [0.1, 0.15) is 17.1 Å². The normalized spacial score (nSPS) is 13.6. The predicted octanol–water partition coefficient (Wildman–Crippen LogP) is 9.00. The average Bonchev–Trinajstić information content (AvgIpc) is 3.28. The fourth-order valence-corrected chi connectivity index (χ4v) is 5.93. The molecule has 1 aromatic heterocycles. The van der Waals surface area contributed by atoms with Crippen molar-refractivity contribution >= 4 is 27.0 Å². The highest BCUT2D eigenvalue weighted by Crippen LogP contribution is 2.41. The molecule has 0 atom stereocenters. The molecule has 37 heavy (non-hydrogen) atoms. The van der Waals surface area contributed by atoms with Gasteiger partial charge in [0, 0.05) is 10.0 Å². The summed E-state index contributed by atoms with van der Waals surface area (Å²) in [6.45, 7) is 6.74. The highest BCUT2D eigenvalue weighted by molar-refractivity contribution is 9.10. The van der Waals surface area contributed by atoms with Crippen molar-refractivity contribution in [2.75, 3.05) is 0 Å². The lowest BCUT2D eigenvalue weighted by Gasteiger charge is -2.23. The molecule has 0 amide bonds. The Hall–Kier alpha value is -3.37. The van der Waals surface area contributed by atoms with Crippen molar-refractivity contribution in [1.29, 1.82) is 0 Å². The highest BCUT2D eigenvalue weighted by Gasteiger charge is 2.24. The van der Waals surface area contributed by atoms with Crippen LogP contribution in [0.25, 0.3) is 39.2 Å². The van der Waals surface area contributed by atoms with E-state index in [-0.39, 0.29) is 5.41 Å². The third-order valence-electron chi connectivity index (χ3n) is 7.53. The molecule has 0 radical (unpaired) electrons. The summed E-state index contributed by atoms with van der Waals surface area (Å²) in [4.78, 5) is 5.13. The molecule has 186 valence electrons. The molecule has 1 aliphatic rings. The van der Waals surface area contributed by atoms with E-state index in [4.69, 9.17) is 4.98 Å². The summed E-state index contributed by atoms with van der Waals surface area (Å²) >= 11 is 3.73. The van der Waals surface area contributed by atoms with E-state index in [1.165, 1.54) is 29.5 Å². The molecule has 0 bridgehead atoms. The number of aryl methyl sites for hydroxylation is 2. The molecule has 1 heterocycles. The minimum atomic E-state index is 0.0156. The smallest absolute Gasteiger partial charge is 0.149 e. The number of nitrogens with zero attached hydrogens (tertiary/aromatic N) is 2. The summed E-state index contributed by atoms with van der Waals surface area (Å²) in [6, 6.07) is 27.6. The fraction of sp³-hybridized carbons (Fsp3) is 0.242. The molecule has 0 spiro atoms. The van der Waals surface area contributed by atoms with Gasteiger partial charge in [0.05, 0.1) is 16.8 Å². The number of rotatable bonds is 3. The van der Waals surface area contributed by atoms with Gasteiger partial charge in [0.15, 0.2) is 0 Å². The lowest BCUT2D eigenvalue weighted by atomic mass is 9.85. The van der Waals surface area contributed by atoms with Gasteiger partial charge in [-0.3, -0.25) is 4.57 Å². The maximum Gasteiger partial charge on any atom is 0.149 e. The predicted molar refractivity (Wildman–Crippen MR) is 157 cm³/mol. The Bertz CT molecular complexity index is 1630. The SMILES string of the molecule is CC(C)(C)c1ccc(-n2c(-c3cc4c(cc3O)CCCC4)nc3c(Br)cccc32)c(-c2ccccc2)c1. The molecule has 0 unspecified atom stereocenters. The third kappa shape index (κ3) is 4.27. The first-order valence-electron chi connectivity index (χ1n) is 13.0. The first-order valence-corrected chi connectivity index (χ1v) is 13.8. The number of hydrogen-bond donors (Lipinski definition) is 1. The number of aromatic nitrogens is 2. The van der Waals surface area contributed by atoms with Crippen molar-refractivity contribution in [1.82, 2.24) is 9.55 Å². The molecular weight excluding hydrogens is 520 g/mol. The van der Waals surface area contributed by atoms with E-state index in [1.54, 1.807) is 0 Å². The topological polar surface area (TPSA) is 38.0 Å². The first kappa shape index (κ1) is 24.0. The molecule has 0 saturated heterocycles. The molecule has 0 saturated carbocycles. The number of para-hydroxylation sites is 1. The molecule has 0 fully saturated rings. The van der Waals surface area contributed by atoms with E-state index in [1.807, 2.05) is 18.2 Å². The minimum Gasteiger partial charge on any atom is -0.507 e. The molecule has 0 aliphatic heterocycles. The second-order valence-electron chi connectivity index (χ2n) is 11.1. The molecule has 4 heteroatoms. The maximum absolute atomic E-state index is 11.3. The van der Waals surface area contributed by atoms with Crippen LogP contribution >= 0.6 is 15.9 Å². The Morgan fingerprint density at radius 3 is 2.27 bits per heavy atom. The van der Waals surface area contributed by atoms with E-state index in [2.05, 4.69) is 102 Å². The van der Waals surface area contributed by atoms with Crippen LogP contribution in [0.2, 0.25) is 0 Å². The largest absolute Gasteiger partial charge is 0.507 e. The van der Waals surface area contributed by atoms with Crippen molar-refractivity contribution < 1.29 is 5.11 Å². The monoisotopic (exact) mass is 550 g/mol. The van der Waals surface area contributed by atoms with E-state index in [0.717, 1.165) is 56.5 Å². The number of phenols is 1. The first-order chi connectivity index (χ1) is 17.8. The zero-order valence-electron chi connectivity index (χ0n) is 21.6. The molecule has 5 aromatic rings. The summed E-state index contributed by atoms with van der Waals surface area (Å²) in [6.07, 6.45) is 4.43. The number of hydrogen-bond acceptors (Lipinski definition) is 2. The zero-order valence-corrected chi connectivity index (χ0v) is 23.1. The van der Waals surface area contributed by atoms with Crippen LogP contribution < -0.4 is 0 Å². The van der Waals surface area contributed by atoms with E-state index in [0.29, 0.717) is 5.75 Å². The third-order valence-corrected chi connectivity index (χ3v) is 8.17. The average molecular weight is 552 g/mol. The summed E-state index contributed by atoms with van der Waals surface area (Å²) in [5, 5.41) is 11.3. The standard InChI is InChI=1S/C33H31BrN2O/c1-33(2,3)24-16-17-28(25(20-24)21-10-5-4-6-11-21)36-29-15-9-14-27(34)31(29)35-32(36)26-18-22-12-7-8-13-23(22)19-30(26)37/h4-6,9-11,14-20,37H,7-8,12-13H2,1-3H3. The Morgan fingerprint density at radius 2 is 1.54 bits per heavy atom. The zero-order chi connectivity index (χ0) is 25.7. The van der Waals surface area contributed by atoms with Crippen molar-refractivity contribution in [3.05, 3.63) is 100 Å². The van der Waals surface area contributed by atoms with Crippen LogP contribution in [0.1, 0.15) is 50.3 Å². The van der Waals surface area contributed by atoms with Crippen LogP contribution in [0.4, 0.5) is 0 Å². The van der Waals surface area contributed by atoms with Crippen LogP contribution in [-0.2, 0) is 18.3 Å². The van der Waals surface area contributed by atoms with E-state index in [9.17, 15) is 5.11 Å². The van der Waals surface area contributed by atoms with Crippen molar-refractivity contribution in [3.8, 4) is 34.0 Å². The van der Waals surface area contributed by atoms with Gasteiger partial charge >= 0.3 is 0 Å². The lowest BCUT2D eigenvalue weighted by Crippen LogP contribution is -2.12. The molecular formula is C33H31BrN2O. The summed E-state index contributed by atoms with van der Waals surface area (Å²) in [5.74, 6) is 1.05. The second kappa shape index (κ2) is 9.18. The molecule has 1 N–H and O–H groups in total. The Kier molecular flexibility index (Phi) is 5.95. The van der Waals surface area contributed by atoms with Crippen LogP contribution in [0.3, 0.4) is 0 Å². The van der Waals surface area contributed by atoms with Gasteiger partial charge in [-0.15, -0.1) is 0 Å². The molecule has 4 aromatic carbocycles. The molecule has 3 nitrogen and oxygen atoms in total. The van der Waals surface area contributed by atoms with Gasteiger partial charge in [0.2, 0.25) is 0 Å². The van der Waals surface area contributed by atoms with E-state index >= 15 is 0 Å². The van der Waals surface area contributed by atoms with E-state index < -0.39 is 0 Å². The van der Waals surface area contributed by atoms with Gasteiger partial charge in [0.25, 0.3) is 0 Å². The second-order valence-corrected chi connectivity index (χ2v) is 11.9. The summed E-state index contributed by atoms with van der Waals surface area (Å²) in [5.41, 5.74) is 9.89. The highest BCUT2D eigenvalue weighted by atomic mass is 79.9. The Balaban J connectivity index is 1.69. The number of imidazole rings is 1. The molecule has 1 aliphatic carbocycles. The summed E-state index contributed by atoms with van der Waals surface area (Å²) in [7, 11) is 0. The lowest BCUT2D eigenvalue weighted by molar-refractivity contribution is 0.474. The van der Waals surface area contributed by atoms with Crippen LogP contribution in [0.15, 0.2) is 83.3 Å². The van der Waals surface area contributed by atoms with Gasteiger partial charge in [-0.1, -0.05) is 63.2 Å². The minimum absolute atomic E-state index is 0.0156. The van der Waals surface area contributed by atoms with Crippen molar-refractivity contribution in [2.45, 2.75) is 51.9 Å². The van der Waals surface area contributed by atoms with Crippen LogP contribution in [-0.4, -0.2) is 14.7 Å². The van der Waals surface area contributed by atoms with Gasteiger partial charge in [-0.05, 0) is 106 Å². The Labute approximate surface area is 226 Å². The number of benzene rings is 4. The number of aromatic hydroxyl groups is 1. The van der Waals surface area contributed by atoms with Gasteiger partial charge in [-0.25, -0.2) is 4.98 Å². The number of fused-ring (bicyclic) bond motifs is 2. The summed E-state index contributed by atoms with van der Waals surface area (Å²) < 4.78 is 3.16. The van der Waals surface area contributed by atoms with Crippen molar-refractivity contribution in [3.63, 3.8) is 0 Å². The Morgan fingerprint density at radius 1 is 0.811 bits per heavy atom. The quantitative estimate of drug-likeness (QED) is 0.243. The maximum atomic E-state index is 11.3. The van der Waals surface area contributed by atoms with Crippen molar-refractivity contribution in [2.24, 2.45) is 0 Å². The van der Waals surface area contributed by atoms with Crippen LogP contribution in [0.5, 0.6) is 5.75 Å². The fourth-order valence-electron chi connectivity index (χ4n) is 5.49. The number of halogens is 1.